The minimum atomic E-state index is -0.183. The van der Waals surface area contributed by atoms with E-state index in [0.29, 0.717) is 12.8 Å². The van der Waals surface area contributed by atoms with Crippen molar-refractivity contribution in [3.63, 3.8) is 0 Å². The smallest absolute Gasteiger partial charge is 0.243 e. The van der Waals surface area contributed by atoms with Gasteiger partial charge in [0.25, 0.3) is 0 Å². The number of amides is 1. The van der Waals surface area contributed by atoms with Gasteiger partial charge in [0.15, 0.2) is 0 Å². The van der Waals surface area contributed by atoms with Crippen molar-refractivity contribution in [1.29, 1.82) is 0 Å². The second kappa shape index (κ2) is 9.83. The molecule has 0 bridgehead atoms. The SMILES string of the molecule is O=C(N/N=C\c1ccc(Br)cc1)C(Cc1ccccc1)Cc1ccccc1. The Morgan fingerprint density at radius 2 is 1.37 bits per heavy atom. The quantitative estimate of drug-likeness (QED) is 0.423. The number of carbonyl (C=O) groups excluding carboxylic acids is 1. The molecule has 1 N–H and O–H groups in total. The predicted octanol–water partition coefficient (Wildman–Crippen LogP) is 5.00. The minimum absolute atomic E-state index is 0.0731. The Bertz CT molecular complexity index is 836. The molecule has 3 aromatic carbocycles. The van der Waals surface area contributed by atoms with E-state index in [0.717, 1.165) is 21.2 Å². The summed E-state index contributed by atoms with van der Waals surface area (Å²) in [6.07, 6.45) is 3.01. The number of halogens is 1. The summed E-state index contributed by atoms with van der Waals surface area (Å²) in [5, 5.41) is 4.14. The highest BCUT2D eigenvalue weighted by atomic mass is 79.9. The second-order valence-corrected chi connectivity index (χ2v) is 7.28. The van der Waals surface area contributed by atoms with Gasteiger partial charge in [0.2, 0.25) is 5.91 Å². The zero-order valence-corrected chi connectivity index (χ0v) is 16.5. The van der Waals surface area contributed by atoms with Gasteiger partial charge in [-0.25, -0.2) is 5.43 Å². The fraction of sp³-hybridized carbons (Fsp3) is 0.130. The van der Waals surface area contributed by atoms with Gasteiger partial charge < -0.3 is 0 Å². The molecule has 0 unspecified atom stereocenters. The van der Waals surface area contributed by atoms with E-state index in [1.54, 1.807) is 6.21 Å². The van der Waals surface area contributed by atoms with Gasteiger partial charge in [-0.2, -0.15) is 5.10 Å². The summed E-state index contributed by atoms with van der Waals surface area (Å²) in [6.45, 7) is 0. The molecule has 3 nitrogen and oxygen atoms in total. The van der Waals surface area contributed by atoms with E-state index in [1.165, 1.54) is 0 Å². The van der Waals surface area contributed by atoms with Crippen LogP contribution in [0.2, 0.25) is 0 Å². The zero-order chi connectivity index (χ0) is 18.9. The molecule has 1 amide bonds. The summed E-state index contributed by atoms with van der Waals surface area (Å²) >= 11 is 3.40. The van der Waals surface area contributed by atoms with Gasteiger partial charge in [-0.1, -0.05) is 88.7 Å². The Hall–Kier alpha value is -2.72. The summed E-state index contributed by atoms with van der Waals surface area (Å²) < 4.78 is 1.01. The fourth-order valence-electron chi connectivity index (χ4n) is 2.87. The highest BCUT2D eigenvalue weighted by molar-refractivity contribution is 9.10. The Morgan fingerprint density at radius 1 is 0.852 bits per heavy atom. The maximum Gasteiger partial charge on any atom is 0.243 e. The number of nitrogens with zero attached hydrogens (tertiary/aromatic N) is 1. The molecule has 0 heterocycles. The van der Waals surface area contributed by atoms with Crippen LogP contribution >= 0.6 is 15.9 Å². The Kier molecular flexibility index (Phi) is 6.94. The van der Waals surface area contributed by atoms with Gasteiger partial charge in [-0.15, -0.1) is 0 Å². The summed E-state index contributed by atoms with van der Waals surface area (Å²) in [4.78, 5) is 12.8. The van der Waals surface area contributed by atoms with Crippen molar-refractivity contribution < 1.29 is 4.79 Å². The molecule has 0 radical (unpaired) electrons. The lowest BCUT2D eigenvalue weighted by Gasteiger charge is -2.15. The molecule has 3 rings (SSSR count). The predicted molar refractivity (Wildman–Crippen MR) is 114 cm³/mol. The van der Waals surface area contributed by atoms with Crippen LogP contribution in [0.1, 0.15) is 16.7 Å². The third-order valence-corrected chi connectivity index (χ3v) is 4.81. The Labute approximate surface area is 168 Å². The molecule has 0 spiro atoms. The normalized spacial score (nSPS) is 11.0. The molecule has 4 heteroatoms. The van der Waals surface area contributed by atoms with Crippen molar-refractivity contribution >= 4 is 28.1 Å². The number of hydrogen-bond acceptors (Lipinski definition) is 2. The van der Waals surface area contributed by atoms with Gasteiger partial charge in [-0.05, 0) is 41.7 Å². The van der Waals surface area contributed by atoms with Gasteiger partial charge in [0.1, 0.15) is 0 Å². The first-order valence-corrected chi connectivity index (χ1v) is 9.66. The maximum absolute atomic E-state index is 12.8. The fourth-order valence-corrected chi connectivity index (χ4v) is 3.13. The number of hydrazone groups is 1. The van der Waals surface area contributed by atoms with Gasteiger partial charge in [0, 0.05) is 10.4 Å². The topological polar surface area (TPSA) is 41.5 Å². The van der Waals surface area contributed by atoms with Crippen molar-refractivity contribution in [2.24, 2.45) is 11.0 Å². The second-order valence-electron chi connectivity index (χ2n) is 6.36. The molecule has 0 fully saturated rings. The van der Waals surface area contributed by atoms with Crippen LogP contribution in [-0.4, -0.2) is 12.1 Å². The summed E-state index contributed by atoms with van der Waals surface area (Å²) in [6, 6.07) is 27.9. The average molecular weight is 421 g/mol. The Morgan fingerprint density at radius 3 is 1.89 bits per heavy atom. The lowest BCUT2D eigenvalue weighted by Crippen LogP contribution is -2.30. The summed E-state index contributed by atoms with van der Waals surface area (Å²) in [5.41, 5.74) is 5.92. The number of nitrogens with one attached hydrogen (secondary N) is 1. The molecule has 136 valence electrons. The first-order chi connectivity index (χ1) is 13.2. The molecule has 0 aromatic heterocycles. The van der Waals surface area contributed by atoms with E-state index in [-0.39, 0.29) is 11.8 Å². The van der Waals surface area contributed by atoms with Crippen molar-refractivity contribution in [2.75, 3.05) is 0 Å². The van der Waals surface area contributed by atoms with Crippen molar-refractivity contribution in [3.05, 3.63) is 106 Å². The summed E-state index contributed by atoms with van der Waals surface area (Å²) in [5.74, 6) is -0.257. The molecule has 0 atom stereocenters. The van der Waals surface area contributed by atoms with E-state index in [1.807, 2.05) is 60.7 Å². The van der Waals surface area contributed by atoms with Crippen LogP contribution < -0.4 is 5.43 Å². The molecule has 0 saturated carbocycles. The van der Waals surface area contributed by atoms with E-state index in [2.05, 4.69) is 50.7 Å². The van der Waals surface area contributed by atoms with Crippen LogP contribution in [0, 0.1) is 5.92 Å². The van der Waals surface area contributed by atoms with Gasteiger partial charge in [-0.3, -0.25) is 4.79 Å². The van der Waals surface area contributed by atoms with Crippen molar-refractivity contribution in [3.8, 4) is 0 Å². The lowest BCUT2D eigenvalue weighted by atomic mass is 9.92. The van der Waals surface area contributed by atoms with Crippen LogP contribution in [0.5, 0.6) is 0 Å². The maximum atomic E-state index is 12.8. The highest BCUT2D eigenvalue weighted by Crippen LogP contribution is 2.15. The third kappa shape index (κ3) is 6.19. The first-order valence-electron chi connectivity index (χ1n) is 8.87. The molecule has 0 aliphatic carbocycles. The molecule has 0 aliphatic heterocycles. The van der Waals surface area contributed by atoms with Crippen molar-refractivity contribution in [2.45, 2.75) is 12.8 Å². The van der Waals surface area contributed by atoms with Crippen LogP contribution in [0.25, 0.3) is 0 Å². The molecular weight excluding hydrogens is 400 g/mol. The largest absolute Gasteiger partial charge is 0.273 e. The van der Waals surface area contributed by atoms with E-state index >= 15 is 0 Å². The first kappa shape index (κ1) is 19.1. The van der Waals surface area contributed by atoms with Crippen LogP contribution in [0.3, 0.4) is 0 Å². The molecular formula is C23H21BrN2O. The van der Waals surface area contributed by atoms with Crippen LogP contribution in [-0.2, 0) is 17.6 Å². The Balaban J connectivity index is 1.68. The molecule has 0 saturated heterocycles. The lowest BCUT2D eigenvalue weighted by molar-refractivity contribution is -0.124. The van der Waals surface area contributed by atoms with E-state index < -0.39 is 0 Å². The minimum Gasteiger partial charge on any atom is -0.273 e. The number of carbonyl (C=O) groups is 1. The monoisotopic (exact) mass is 420 g/mol. The van der Waals surface area contributed by atoms with E-state index in [9.17, 15) is 4.79 Å². The highest BCUT2D eigenvalue weighted by Gasteiger charge is 2.19. The average Bonchev–Trinajstić information content (AvgIpc) is 2.70. The molecule has 27 heavy (non-hydrogen) atoms. The van der Waals surface area contributed by atoms with Gasteiger partial charge >= 0.3 is 0 Å². The van der Waals surface area contributed by atoms with Crippen molar-refractivity contribution in [1.82, 2.24) is 5.43 Å². The number of rotatable bonds is 7. The zero-order valence-electron chi connectivity index (χ0n) is 14.9. The van der Waals surface area contributed by atoms with Gasteiger partial charge in [0.05, 0.1) is 6.21 Å². The number of benzene rings is 3. The molecule has 0 aliphatic rings. The van der Waals surface area contributed by atoms with Crippen LogP contribution in [0.4, 0.5) is 0 Å². The standard InChI is InChI=1S/C23H21BrN2O/c24-22-13-11-20(12-14-22)17-25-26-23(27)21(15-18-7-3-1-4-8-18)16-19-9-5-2-6-10-19/h1-14,17,21H,15-16H2,(H,26,27)/b25-17-. The molecule has 3 aromatic rings. The van der Waals surface area contributed by atoms with E-state index in [4.69, 9.17) is 0 Å². The van der Waals surface area contributed by atoms with Crippen LogP contribution in [0.15, 0.2) is 94.5 Å². The third-order valence-electron chi connectivity index (χ3n) is 4.28. The number of hydrogen-bond donors (Lipinski definition) is 1. The summed E-state index contributed by atoms with van der Waals surface area (Å²) in [7, 11) is 0.